The average molecular weight is 194 g/mol. The number of rotatable bonds is 2. The molecule has 2 heterocycles. The van der Waals surface area contributed by atoms with Crippen molar-refractivity contribution >= 4 is 6.29 Å². The zero-order valence-corrected chi connectivity index (χ0v) is 8.40. The van der Waals surface area contributed by atoms with Gasteiger partial charge in [-0.1, -0.05) is 0 Å². The molecule has 0 bridgehead atoms. The number of ether oxygens (including phenoxy) is 1. The quantitative estimate of drug-likeness (QED) is 0.677. The molecule has 0 spiro atoms. The summed E-state index contributed by atoms with van der Waals surface area (Å²) in [7, 11) is 0. The van der Waals surface area contributed by atoms with Gasteiger partial charge in [-0.05, 0) is 32.4 Å². The van der Waals surface area contributed by atoms with Crippen molar-refractivity contribution in [3.8, 4) is 0 Å². The minimum atomic E-state index is -0.365. The van der Waals surface area contributed by atoms with Crippen LogP contribution in [0.2, 0.25) is 0 Å². The molecule has 0 saturated carbocycles. The third kappa shape index (κ3) is 1.60. The van der Waals surface area contributed by atoms with Crippen LogP contribution in [-0.4, -0.2) is 18.0 Å². The Balaban J connectivity index is 2.23. The van der Waals surface area contributed by atoms with E-state index in [0.29, 0.717) is 0 Å². The molecule has 3 nitrogen and oxygen atoms in total. The van der Waals surface area contributed by atoms with Gasteiger partial charge in [-0.2, -0.15) is 0 Å². The molecule has 0 aliphatic carbocycles. The molecule has 2 atom stereocenters. The molecule has 0 amide bonds. The Morgan fingerprint density at radius 2 is 2.36 bits per heavy atom. The molecule has 1 fully saturated rings. The third-order valence-electron chi connectivity index (χ3n) is 2.61. The summed E-state index contributed by atoms with van der Waals surface area (Å²) in [4.78, 5) is 10.8. The summed E-state index contributed by atoms with van der Waals surface area (Å²) in [6, 6.07) is 3.73. The molecule has 1 aliphatic heterocycles. The van der Waals surface area contributed by atoms with Crippen LogP contribution in [0.1, 0.15) is 31.9 Å². The smallest absolute Gasteiger partial charge is 0.149 e. The molecule has 2 unspecified atom stereocenters. The van der Waals surface area contributed by atoms with Crippen LogP contribution in [0.5, 0.6) is 0 Å². The van der Waals surface area contributed by atoms with Crippen LogP contribution in [0.3, 0.4) is 0 Å². The van der Waals surface area contributed by atoms with E-state index in [4.69, 9.17) is 9.15 Å². The Hall–Kier alpha value is -1.09. The molecule has 14 heavy (non-hydrogen) atoms. The molecule has 1 saturated heterocycles. The normalized spacial score (nSPS) is 30.4. The fraction of sp³-hybridized carbons (Fsp3) is 0.545. The number of hydrogen-bond acceptors (Lipinski definition) is 3. The zero-order valence-electron chi connectivity index (χ0n) is 8.40. The Labute approximate surface area is 83.0 Å². The van der Waals surface area contributed by atoms with Crippen LogP contribution in [0.25, 0.3) is 0 Å². The second-order valence-corrected chi connectivity index (χ2v) is 4.30. The van der Waals surface area contributed by atoms with Crippen molar-refractivity contribution in [3.05, 3.63) is 24.2 Å². The molecule has 1 aliphatic rings. The van der Waals surface area contributed by atoms with Gasteiger partial charge in [0.25, 0.3) is 0 Å². The SMILES string of the molecule is CC1(C)CC(c2ccco2)C(C=O)O1. The summed E-state index contributed by atoms with van der Waals surface area (Å²) in [5.74, 6) is 0.908. The first-order chi connectivity index (χ1) is 6.62. The van der Waals surface area contributed by atoms with Gasteiger partial charge >= 0.3 is 0 Å². The van der Waals surface area contributed by atoms with Gasteiger partial charge in [0.1, 0.15) is 18.2 Å². The fourth-order valence-electron chi connectivity index (χ4n) is 2.03. The van der Waals surface area contributed by atoms with Crippen LogP contribution in [0.4, 0.5) is 0 Å². The number of aldehydes is 1. The number of hydrogen-bond donors (Lipinski definition) is 0. The summed E-state index contributed by atoms with van der Waals surface area (Å²) >= 11 is 0. The summed E-state index contributed by atoms with van der Waals surface area (Å²) in [6.45, 7) is 3.98. The molecule has 0 N–H and O–H groups in total. The van der Waals surface area contributed by atoms with Crippen molar-refractivity contribution in [2.24, 2.45) is 0 Å². The number of carbonyl (C=O) groups excluding carboxylic acids is 1. The van der Waals surface area contributed by atoms with Crippen molar-refractivity contribution < 1.29 is 13.9 Å². The van der Waals surface area contributed by atoms with E-state index >= 15 is 0 Å². The second-order valence-electron chi connectivity index (χ2n) is 4.30. The molecule has 2 rings (SSSR count). The molecule has 0 aromatic carbocycles. The Morgan fingerprint density at radius 1 is 1.57 bits per heavy atom. The van der Waals surface area contributed by atoms with E-state index in [0.717, 1.165) is 18.5 Å². The number of furan rings is 1. The van der Waals surface area contributed by atoms with Gasteiger partial charge in [-0.25, -0.2) is 0 Å². The monoisotopic (exact) mass is 194 g/mol. The Bertz CT molecular complexity index is 313. The van der Waals surface area contributed by atoms with Gasteiger partial charge in [-0.15, -0.1) is 0 Å². The lowest BCUT2D eigenvalue weighted by molar-refractivity contribution is -0.121. The predicted octanol–water partition coefficient (Wildman–Crippen LogP) is 2.13. The molecule has 76 valence electrons. The van der Waals surface area contributed by atoms with E-state index in [2.05, 4.69) is 0 Å². The highest BCUT2D eigenvalue weighted by Crippen LogP contribution is 2.40. The molecular weight excluding hydrogens is 180 g/mol. The Kier molecular flexibility index (Phi) is 2.19. The minimum Gasteiger partial charge on any atom is -0.469 e. The highest BCUT2D eigenvalue weighted by molar-refractivity contribution is 5.59. The van der Waals surface area contributed by atoms with Crippen molar-refractivity contribution in [2.75, 3.05) is 0 Å². The summed E-state index contributed by atoms with van der Waals surface area (Å²) in [5.41, 5.74) is -0.233. The third-order valence-corrected chi connectivity index (χ3v) is 2.61. The van der Waals surface area contributed by atoms with Gasteiger partial charge in [-0.3, -0.25) is 0 Å². The van der Waals surface area contributed by atoms with Crippen molar-refractivity contribution in [2.45, 2.75) is 37.9 Å². The average Bonchev–Trinajstić information content (AvgIpc) is 2.70. The van der Waals surface area contributed by atoms with Crippen LogP contribution in [0, 0.1) is 0 Å². The van der Waals surface area contributed by atoms with Crippen LogP contribution in [-0.2, 0) is 9.53 Å². The number of carbonyl (C=O) groups is 1. The second kappa shape index (κ2) is 3.24. The molecule has 0 radical (unpaired) electrons. The molecule has 1 aromatic rings. The topological polar surface area (TPSA) is 39.4 Å². The largest absolute Gasteiger partial charge is 0.469 e. The summed E-state index contributed by atoms with van der Waals surface area (Å²) < 4.78 is 10.9. The maximum absolute atomic E-state index is 10.8. The van der Waals surface area contributed by atoms with E-state index in [9.17, 15) is 4.79 Å². The van der Waals surface area contributed by atoms with E-state index in [1.165, 1.54) is 0 Å². The predicted molar refractivity (Wildman–Crippen MR) is 51.1 cm³/mol. The van der Waals surface area contributed by atoms with Crippen LogP contribution >= 0.6 is 0 Å². The molecular formula is C11H14O3. The van der Waals surface area contributed by atoms with E-state index in [1.54, 1.807) is 6.26 Å². The van der Waals surface area contributed by atoms with E-state index in [-0.39, 0.29) is 17.6 Å². The van der Waals surface area contributed by atoms with E-state index < -0.39 is 0 Å². The van der Waals surface area contributed by atoms with Crippen molar-refractivity contribution in [3.63, 3.8) is 0 Å². The first-order valence-corrected chi connectivity index (χ1v) is 4.79. The standard InChI is InChI=1S/C11H14O3/c1-11(2)6-8(10(7-12)14-11)9-4-3-5-13-9/h3-5,7-8,10H,6H2,1-2H3. The summed E-state index contributed by atoms with van der Waals surface area (Å²) in [6.07, 6.45) is 2.95. The minimum absolute atomic E-state index is 0.0671. The van der Waals surface area contributed by atoms with E-state index in [1.807, 2.05) is 26.0 Å². The Morgan fingerprint density at radius 3 is 2.93 bits per heavy atom. The highest BCUT2D eigenvalue weighted by Gasteiger charge is 2.42. The van der Waals surface area contributed by atoms with Gasteiger partial charge in [0.05, 0.1) is 17.8 Å². The first kappa shape index (κ1) is 9.46. The summed E-state index contributed by atoms with van der Waals surface area (Å²) in [5, 5.41) is 0. The zero-order chi connectivity index (χ0) is 10.2. The first-order valence-electron chi connectivity index (χ1n) is 4.79. The van der Waals surface area contributed by atoms with Gasteiger partial charge in [0.2, 0.25) is 0 Å². The van der Waals surface area contributed by atoms with Crippen molar-refractivity contribution in [1.82, 2.24) is 0 Å². The lowest BCUT2D eigenvalue weighted by atomic mass is 9.92. The van der Waals surface area contributed by atoms with Gasteiger partial charge in [0.15, 0.2) is 0 Å². The van der Waals surface area contributed by atoms with Crippen molar-refractivity contribution in [1.29, 1.82) is 0 Å². The fourth-order valence-corrected chi connectivity index (χ4v) is 2.03. The highest BCUT2D eigenvalue weighted by atomic mass is 16.5. The molecule has 3 heteroatoms. The lowest BCUT2D eigenvalue weighted by Gasteiger charge is -2.16. The van der Waals surface area contributed by atoms with Crippen LogP contribution < -0.4 is 0 Å². The molecule has 1 aromatic heterocycles. The van der Waals surface area contributed by atoms with Gasteiger partial charge in [0, 0.05) is 0 Å². The van der Waals surface area contributed by atoms with Gasteiger partial charge < -0.3 is 13.9 Å². The lowest BCUT2D eigenvalue weighted by Crippen LogP contribution is -2.20. The van der Waals surface area contributed by atoms with Crippen LogP contribution in [0.15, 0.2) is 22.8 Å². The maximum Gasteiger partial charge on any atom is 0.149 e. The maximum atomic E-state index is 10.8.